The number of hydrogen-bond acceptors (Lipinski definition) is 2. The van der Waals surface area contributed by atoms with Gasteiger partial charge in [-0.2, -0.15) is 0 Å². The number of ketones is 2. The van der Waals surface area contributed by atoms with Gasteiger partial charge in [0.2, 0.25) is 0 Å². The predicted octanol–water partition coefficient (Wildman–Crippen LogP) is 2.61. The Morgan fingerprint density at radius 1 is 0.909 bits per heavy atom. The molecule has 0 aromatic rings. The molecule has 0 atom stereocenters. The summed E-state index contributed by atoms with van der Waals surface area (Å²) in [6.07, 6.45) is 1.09. The average molecular weight is 160 g/mol. The van der Waals surface area contributed by atoms with Gasteiger partial charge in [-0.25, -0.2) is 0 Å². The molecule has 0 heterocycles. The number of carbonyl (C=O) groups excluding carboxylic acids is 2. The van der Waals surface area contributed by atoms with Gasteiger partial charge in [-0.1, -0.05) is 28.7 Å². The van der Waals surface area contributed by atoms with Gasteiger partial charge in [0.25, 0.3) is 0 Å². The molecule has 0 spiro atoms. The van der Waals surface area contributed by atoms with Gasteiger partial charge in [-0.15, -0.1) is 0 Å². The van der Waals surface area contributed by atoms with Gasteiger partial charge in [0.1, 0.15) is 11.6 Å². The van der Waals surface area contributed by atoms with Crippen LogP contribution in [0.5, 0.6) is 0 Å². The summed E-state index contributed by atoms with van der Waals surface area (Å²) in [6.45, 7) is 3.54. The molecule has 68 valence electrons. The van der Waals surface area contributed by atoms with E-state index >= 15 is 0 Å². The molecule has 0 saturated carbocycles. The molecule has 0 bridgehead atoms. The molecule has 0 amide bonds. The summed E-state index contributed by atoms with van der Waals surface area (Å²) in [5, 5.41) is 0. The maximum Gasteiger partial charge on any atom is 0.139 e. The van der Waals surface area contributed by atoms with E-state index in [1.54, 1.807) is 13.8 Å². The summed E-state index contributed by atoms with van der Waals surface area (Å²) in [5.41, 5.74) is 0. The molecular weight excluding hydrogens is 140 g/mol. The summed E-state index contributed by atoms with van der Waals surface area (Å²) < 4.78 is 0. The molecule has 0 radical (unpaired) electrons. The molecule has 0 aliphatic heterocycles. The van der Waals surface area contributed by atoms with Gasteiger partial charge in [0, 0.05) is 12.8 Å². The standard InChI is InChI=1S/C7H12O2.2CH4/c1-3-6(8)5-7(9)4-2;;/h3-5H2,1-2H3;2*1H4. The summed E-state index contributed by atoms with van der Waals surface area (Å²) in [4.78, 5) is 21.1. The van der Waals surface area contributed by atoms with Crippen molar-refractivity contribution in [1.82, 2.24) is 0 Å². The van der Waals surface area contributed by atoms with Crippen LogP contribution in [0.1, 0.15) is 48.0 Å². The molecule has 0 unspecified atom stereocenters. The zero-order valence-electron chi connectivity index (χ0n) is 5.94. The van der Waals surface area contributed by atoms with Crippen molar-refractivity contribution in [3.8, 4) is 0 Å². The van der Waals surface area contributed by atoms with Crippen molar-refractivity contribution in [2.24, 2.45) is 0 Å². The smallest absolute Gasteiger partial charge is 0.139 e. The van der Waals surface area contributed by atoms with Crippen molar-refractivity contribution in [3.05, 3.63) is 0 Å². The van der Waals surface area contributed by atoms with Crippen LogP contribution in [0.4, 0.5) is 0 Å². The van der Waals surface area contributed by atoms with E-state index in [0.717, 1.165) is 0 Å². The molecule has 0 aliphatic carbocycles. The SMILES string of the molecule is C.C.CCC(=O)CC(=O)CC. The lowest BCUT2D eigenvalue weighted by Gasteiger charge is -1.91. The van der Waals surface area contributed by atoms with Crippen molar-refractivity contribution < 1.29 is 9.59 Å². The highest BCUT2D eigenvalue weighted by Crippen LogP contribution is 1.92. The van der Waals surface area contributed by atoms with Crippen LogP contribution in [-0.2, 0) is 9.59 Å². The van der Waals surface area contributed by atoms with E-state index in [2.05, 4.69) is 0 Å². The number of Topliss-reactive ketones (excluding diaryl/α,β-unsaturated/α-hetero) is 2. The molecular formula is C9H20O2. The predicted molar refractivity (Wildman–Crippen MR) is 48.7 cm³/mol. The molecule has 2 nitrogen and oxygen atoms in total. The maximum atomic E-state index is 10.6. The molecule has 0 rings (SSSR count). The number of rotatable bonds is 4. The maximum absolute atomic E-state index is 10.6. The van der Waals surface area contributed by atoms with E-state index in [0.29, 0.717) is 12.8 Å². The summed E-state index contributed by atoms with van der Waals surface area (Å²) in [5.74, 6) is 0.0868. The molecule has 2 heteroatoms. The van der Waals surface area contributed by atoms with Crippen LogP contribution >= 0.6 is 0 Å². The second-order valence-electron chi connectivity index (χ2n) is 1.96. The summed E-state index contributed by atoms with van der Waals surface area (Å²) in [7, 11) is 0. The van der Waals surface area contributed by atoms with Crippen molar-refractivity contribution in [2.45, 2.75) is 48.0 Å². The largest absolute Gasteiger partial charge is 0.299 e. The fourth-order valence-corrected chi connectivity index (χ4v) is 0.470. The zero-order chi connectivity index (χ0) is 7.28. The van der Waals surface area contributed by atoms with Gasteiger partial charge in [-0.3, -0.25) is 9.59 Å². The minimum absolute atomic E-state index is 0. The van der Waals surface area contributed by atoms with Crippen LogP contribution in [0.15, 0.2) is 0 Å². The Labute approximate surface area is 70.0 Å². The van der Waals surface area contributed by atoms with Gasteiger partial charge >= 0.3 is 0 Å². The van der Waals surface area contributed by atoms with E-state index in [4.69, 9.17) is 0 Å². The summed E-state index contributed by atoms with van der Waals surface area (Å²) in [6, 6.07) is 0. The third-order valence-electron chi connectivity index (χ3n) is 1.18. The molecule has 0 aromatic heterocycles. The lowest BCUT2D eigenvalue weighted by molar-refractivity contribution is -0.126. The van der Waals surface area contributed by atoms with Gasteiger partial charge in [0.15, 0.2) is 0 Å². The highest BCUT2D eigenvalue weighted by atomic mass is 16.1. The monoisotopic (exact) mass is 160 g/mol. The van der Waals surface area contributed by atoms with Crippen LogP contribution in [0.3, 0.4) is 0 Å². The first-order valence-electron chi connectivity index (χ1n) is 3.24. The lowest BCUT2D eigenvalue weighted by atomic mass is 10.1. The summed E-state index contributed by atoms with van der Waals surface area (Å²) >= 11 is 0. The van der Waals surface area contributed by atoms with E-state index in [1.807, 2.05) is 0 Å². The van der Waals surface area contributed by atoms with Gasteiger partial charge < -0.3 is 0 Å². The quantitative estimate of drug-likeness (QED) is 0.592. The minimum atomic E-state index is 0. The Bertz CT molecular complexity index is 103. The van der Waals surface area contributed by atoms with E-state index in [-0.39, 0.29) is 32.8 Å². The zero-order valence-corrected chi connectivity index (χ0v) is 5.94. The first-order valence-corrected chi connectivity index (χ1v) is 3.24. The van der Waals surface area contributed by atoms with Gasteiger partial charge in [0.05, 0.1) is 6.42 Å². The molecule has 0 N–H and O–H groups in total. The number of hydrogen-bond donors (Lipinski definition) is 0. The highest BCUT2D eigenvalue weighted by Gasteiger charge is 2.03. The molecule has 0 aromatic carbocycles. The lowest BCUT2D eigenvalue weighted by Crippen LogP contribution is -2.04. The Kier molecular flexibility index (Phi) is 14.2. The molecule has 0 fully saturated rings. The average Bonchev–Trinajstić information content (AvgIpc) is 1.87. The third-order valence-corrected chi connectivity index (χ3v) is 1.18. The minimum Gasteiger partial charge on any atom is -0.299 e. The van der Waals surface area contributed by atoms with E-state index < -0.39 is 0 Å². The Morgan fingerprint density at radius 3 is 1.36 bits per heavy atom. The van der Waals surface area contributed by atoms with Crippen LogP contribution in [0.2, 0.25) is 0 Å². The fourth-order valence-electron chi connectivity index (χ4n) is 0.470. The highest BCUT2D eigenvalue weighted by molar-refractivity contribution is 5.98. The Hall–Kier alpha value is -0.660. The Balaban J connectivity index is -0.000000320. The normalized spacial score (nSPS) is 7.45. The van der Waals surface area contributed by atoms with E-state index in [1.165, 1.54) is 0 Å². The second kappa shape index (κ2) is 9.34. The van der Waals surface area contributed by atoms with Crippen LogP contribution < -0.4 is 0 Å². The van der Waals surface area contributed by atoms with Crippen molar-refractivity contribution in [1.29, 1.82) is 0 Å². The topological polar surface area (TPSA) is 34.1 Å². The first-order chi connectivity index (χ1) is 4.20. The van der Waals surface area contributed by atoms with Crippen molar-refractivity contribution in [3.63, 3.8) is 0 Å². The van der Waals surface area contributed by atoms with E-state index in [9.17, 15) is 9.59 Å². The molecule has 0 saturated heterocycles. The van der Waals surface area contributed by atoms with Crippen molar-refractivity contribution in [2.75, 3.05) is 0 Å². The van der Waals surface area contributed by atoms with Crippen LogP contribution in [0, 0.1) is 0 Å². The fraction of sp³-hybridized carbons (Fsp3) is 0.778. The van der Waals surface area contributed by atoms with Crippen molar-refractivity contribution >= 4 is 11.6 Å². The third kappa shape index (κ3) is 9.34. The Morgan fingerprint density at radius 2 is 1.18 bits per heavy atom. The molecule has 11 heavy (non-hydrogen) atoms. The molecule has 0 aliphatic rings. The van der Waals surface area contributed by atoms with Crippen LogP contribution in [-0.4, -0.2) is 11.6 Å². The second-order valence-corrected chi connectivity index (χ2v) is 1.96. The first kappa shape index (κ1) is 16.7. The van der Waals surface area contributed by atoms with Crippen LogP contribution in [0.25, 0.3) is 0 Å². The van der Waals surface area contributed by atoms with Gasteiger partial charge in [-0.05, 0) is 0 Å². The number of carbonyl (C=O) groups is 2.